The molecule has 2 rings (SSSR count). The summed E-state index contributed by atoms with van der Waals surface area (Å²) in [5.74, 6) is 0. The van der Waals surface area contributed by atoms with Gasteiger partial charge in [0.1, 0.15) is 0 Å². The molecule has 1 aliphatic rings. The van der Waals surface area contributed by atoms with Crippen LogP contribution in [0.25, 0.3) is 0 Å². The van der Waals surface area contributed by atoms with E-state index >= 15 is 0 Å². The van der Waals surface area contributed by atoms with Gasteiger partial charge < -0.3 is 10.0 Å². The first-order chi connectivity index (χ1) is 8.17. The highest BCUT2D eigenvalue weighted by atomic mass is 16.3. The van der Waals surface area contributed by atoms with Crippen LogP contribution in [-0.4, -0.2) is 25.3 Å². The van der Waals surface area contributed by atoms with Crippen LogP contribution in [0.3, 0.4) is 0 Å². The van der Waals surface area contributed by atoms with Gasteiger partial charge >= 0.3 is 0 Å². The predicted molar refractivity (Wildman–Crippen MR) is 72.4 cm³/mol. The number of para-hydroxylation sites is 1. The molecule has 0 unspecified atom stereocenters. The molecule has 1 saturated carbocycles. The van der Waals surface area contributed by atoms with Gasteiger partial charge in [0.15, 0.2) is 0 Å². The number of benzene rings is 1. The van der Waals surface area contributed by atoms with E-state index in [0.29, 0.717) is 6.61 Å². The summed E-state index contributed by atoms with van der Waals surface area (Å²) >= 11 is 0. The van der Waals surface area contributed by atoms with Crippen molar-refractivity contribution in [2.45, 2.75) is 32.6 Å². The molecule has 2 nitrogen and oxygen atoms in total. The second-order valence-electron chi connectivity index (χ2n) is 5.51. The molecule has 2 heteroatoms. The Balaban J connectivity index is 2.11. The zero-order valence-corrected chi connectivity index (χ0v) is 10.9. The average molecular weight is 233 g/mol. The average Bonchev–Trinajstić information content (AvgIpc) is 2.79. The Bertz CT molecular complexity index is 369. The Morgan fingerprint density at radius 1 is 1.24 bits per heavy atom. The highest BCUT2D eigenvalue weighted by Crippen LogP contribution is 2.39. The molecule has 1 aromatic rings. The fourth-order valence-electron chi connectivity index (χ4n) is 3.07. The van der Waals surface area contributed by atoms with Gasteiger partial charge in [-0.3, -0.25) is 0 Å². The van der Waals surface area contributed by atoms with Crippen molar-refractivity contribution in [2.24, 2.45) is 5.41 Å². The molecule has 0 amide bonds. The monoisotopic (exact) mass is 233 g/mol. The van der Waals surface area contributed by atoms with Crippen molar-refractivity contribution < 1.29 is 5.11 Å². The van der Waals surface area contributed by atoms with E-state index in [1.54, 1.807) is 0 Å². The molecule has 0 bridgehead atoms. The Kier molecular flexibility index (Phi) is 3.72. The number of anilines is 1. The summed E-state index contributed by atoms with van der Waals surface area (Å²) in [6.45, 7) is 3.43. The lowest BCUT2D eigenvalue weighted by atomic mass is 9.86. The summed E-state index contributed by atoms with van der Waals surface area (Å²) in [6, 6.07) is 8.46. The minimum Gasteiger partial charge on any atom is -0.396 e. The van der Waals surface area contributed by atoms with Crippen molar-refractivity contribution >= 4 is 5.69 Å². The van der Waals surface area contributed by atoms with Crippen LogP contribution in [-0.2, 0) is 0 Å². The van der Waals surface area contributed by atoms with Crippen molar-refractivity contribution in [1.82, 2.24) is 0 Å². The molecule has 1 fully saturated rings. The van der Waals surface area contributed by atoms with E-state index in [2.05, 4.69) is 43.1 Å². The van der Waals surface area contributed by atoms with E-state index < -0.39 is 0 Å². The van der Waals surface area contributed by atoms with Gasteiger partial charge in [0.2, 0.25) is 0 Å². The van der Waals surface area contributed by atoms with E-state index in [1.807, 2.05) is 0 Å². The molecule has 0 heterocycles. The summed E-state index contributed by atoms with van der Waals surface area (Å²) in [5.41, 5.74) is 2.73. The standard InChI is InChI=1S/C15H23NO/c1-13-7-3-4-8-14(13)16(2)11-15(12-17)9-5-6-10-15/h3-4,7-8,17H,5-6,9-12H2,1-2H3. The van der Waals surface area contributed by atoms with Gasteiger partial charge in [-0.1, -0.05) is 31.0 Å². The number of aliphatic hydroxyl groups is 1. The van der Waals surface area contributed by atoms with Crippen LogP contribution in [0, 0.1) is 12.3 Å². The Morgan fingerprint density at radius 2 is 1.88 bits per heavy atom. The maximum Gasteiger partial charge on any atom is 0.0504 e. The molecule has 0 saturated heterocycles. The Hall–Kier alpha value is -1.02. The fraction of sp³-hybridized carbons (Fsp3) is 0.600. The number of aliphatic hydroxyl groups excluding tert-OH is 1. The Morgan fingerprint density at radius 3 is 2.47 bits per heavy atom. The van der Waals surface area contributed by atoms with E-state index in [9.17, 15) is 5.11 Å². The molecule has 1 N–H and O–H groups in total. The normalized spacial score (nSPS) is 18.3. The Labute approximate surface area is 104 Å². The molecule has 0 aliphatic heterocycles. The predicted octanol–water partition coefficient (Wildman–Crippen LogP) is 2.98. The summed E-state index contributed by atoms with van der Waals surface area (Å²) < 4.78 is 0. The van der Waals surface area contributed by atoms with Gasteiger partial charge in [-0.2, -0.15) is 0 Å². The van der Waals surface area contributed by atoms with Crippen LogP contribution in [0.2, 0.25) is 0 Å². The van der Waals surface area contributed by atoms with Gasteiger partial charge in [-0.05, 0) is 31.4 Å². The van der Waals surface area contributed by atoms with Crippen LogP contribution < -0.4 is 4.90 Å². The van der Waals surface area contributed by atoms with E-state index in [-0.39, 0.29) is 5.41 Å². The largest absolute Gasteiger partial charge is 0.396 e. The molecule has 94 valence electrons. The SMILES string of the molecule is Cc1ccccc1N(C)CC1(CO)CCCC1. The molecule has 0 aromatic heterocycles. The fourth-order valence-corrected chi connectivity index (χ4v) is 3.07. The molecule has 1 aliphatic carbocycles. The van der Waals surface area contributed by atoms with E-state index in [4.69, 9.17) is 0 Å². The van der Waals surface area contributed by atoms with E-state index in [1.165, 1.54) is 36.9 Å². The first-order valence-electron chi connectivity index (χ1n) is 6.54. The van der Waals surface area contributed by atoms with Gasteiger partial charge in [-0.25, -0.2) is 0 Å². The second-order valence-corrected chi connectivity index (χ2v) is 5.51. The minimum absolute atomic E-state index is 0.136. The van der Waals surface area contributed by atoms with Gasteiger partial charge in [0.05, 0.1) is 6.61 Å². The maximum atomic E-state index is 9.65. The lowest BCUT2D eigenvalue weighted by Crippen LogP contribution is -2.36. The zero-order chi connectivity index (χ0) is 12.3. The number of hydrogen-bond donors (Lipinski definition) is 1. The quantitative estimate of drug-likeness (QED) is 0.864. The number of aryl methyl sites for hydroxylation is 1. The zero-order valence-electron chi connectivity index (χ0n) is 10.9. The first kappa shape index (κ1) is 12.4. The van der Waals surface area contributed by atoms with Crippen LogP contribution in [0.1, 0.15) is 31.2 Å². The second kappa shape index (κ2) is 5.09. The summed E-state index contributed by atoms with van der Waals surface area (Å²) in [5, 5.41) is 9.65. The number of nitrogens with zero attached hydrogens (tertiary/aromatic N) is 1. The highest BCUT2D eigenvalue weighted by molar-refractivity contribution is 5.52. The number of rotatable bonds is 4. The summed E-state index contributed by atoms with van der Waals surface area (Å²) in [6.07, 6.45) is 4.86. The molecule has 1 aromatic carbocycles. The number of hydrogen-bond acceptors (Lipinski definition) is 2. The smallest absolute Gasteiger partial charge is 0.0504 e. The van der Waals surface area contributed by atoms with Crippen LogP contribution >= 0.6 is 0 Å². The third kappa shape index (κ3) is 2.63. The van der Waals surface area contributed by atoms with Crippen LogP contribution in [0.15, 0.2) is 24.3 Å². The lowest BCUT2D eigenvalue weighted by molar-refractivity contribution is 0.137. The van der Waals surface area contributed by atoms with Crippen molar-refractivity contribution in [3.63, 3.8) is 0 Å². The minimum atomic E-state index is 0.136. The van der Waals surface area contributed by atoms with Gasteiger partial charge in [0.25, 0.3) is 0 Å². The lowest BCUT2D eigenvalue weighted by Gasteiger charge is -2.33. The molecule has 17 heavy (non-hydrogen) atoms. The third-order valence-corrected chi connectivity index (χ3v) is 4.10. The third-order valence-electron chi connectivity index (χ3n) is 4.10. The topological polar surface area (TPSA) is 23.5 Å². The van der Waals surface area contributed by atoms with Gasteiger partial charge in [0, 0.05) is 24.7 Å². The first-order valence-corrected chi connectivity index (χ1v) is 6.54. The van der Waals surface area contributed by atoms with Crippen molar-refractivity contribution in [3.8, 4) is 0 Å². The van der Waals surface area contributed by atoms with Crippen molar-refractivity contribution in [1.29, 1.82) is 0 Å². The van der Waals surface area contributed by atoms with Crippen LogP contribution in [0.4, 0.5) is 5.69 Å². The summed E-state index contributed by atoms with van der Waals surface area (Å²) in [4.78, 5) is 2.30. The van der Waals surface area contributed by atoms with Crippen molar-refractivity contribution in [3.05, 3.63) is 29.8 Å². The maximum absolute atomic E-state index is 9.65. The van der Waals surface area contributed by atoms with Gasteiger partial charge in [-0.15, -0.1) is 0 Å². The summed E-state index contributed by atoms with van der Waals surface area (Å²) in [7, 11) is 2.14. The molecular weight excluding hydrogens is 210 g/mol. The van der Waals surface area contributed by atoms with Crippen LogP contribution in [0.5, 0.6) is 0 Å². The molecule has 0 spiro atoms. The molecule has 0 atom stereocenters. The van der Waals surface area contributed by atoms with Crippen molar-refractivity contribution in [2.75, 3.05) is 25.1 Å². The molecular formula is C15H23NO. The highest BCUT2D eigenvalue weighted by Gasteiger charge is 2.34. The molecule has 0 radical (unpaired) electrons. The van der Waals surface area contributed by atoms with E-state index in [0.717, 1.165) is 6.54 Å².